The highest BCUT2D eigenvalue weighted by molar-refractivity contribution is 5.31. The van der Waals surface area contributed by atoms with Crippen molar-refractivity contribution >= 4 is 0 Å². The Morgan fingerprint density at radius 3 is 2.95 bits per heavy atom. The molecule has 1 N–H and O–H groups in total. The summed E-state index contributed by atoms with van der Waals surface area (Å²) in [6.45, 7) is 3.19. The van der Waals surface area contributed by atoms with E-state index in [1.807, 2.05) is 0 Å². The summed E-state index contributed by atoms with van der Waals surface area (Å²) in [5.41, 5.74) is 2.78. The highest BCUT2D eigenvalue weighted by Gasteiger charge is 2.36. The molecule has 0 radical (unpaired) electrons. The van der Waals surface area contributed by atoms with Gasteiger partial charge < -0.3 is 9.84 Å². The second kappa shape index (κ2) is 4.95. The van der Waals surface area contributed by atoms with Crippen LogP contribution in [0, 0.1) is 0 Å². The molecule has 0 spiro atoms. The zero-order chi connectivity index (χ0) is 14.3. The largest absolute Gasteiger partial charge is 0.337 e. The van der Waals surface area contributed by atoms with Crippen molar-refractivity contribution in [2.75, 3.05) is 6.54 Å². The van der Waals surface area contributed by atoms with E-state index >= 15 is 0 Å². The van der Waals surface area contributed by atoms with Crippen LogP contribution in [0.1, 0.15) is 54.9 Å². The standard InChI is InChI=1S/C17H21N3O/c1-17(9-4-10-18-17)16-19-15(20-21-16)14-8-7-12-5-2-3-6-13(12)11-14/h2-3,5-6,14,18H,4,7-11H2,1H3. The Kier molecular flexibility index (Phi) is 3.07. The van der Waals surface area contributed by atoms with Crippen molar-refractivity contribution in [2.45, 2.75) is 50.5 Å². The zero-order valence-corrected chi connectivity index (χ0v) is 12.4. The average molecular weight is 283 g/mol. The van der Waals surface area contributed by atoms with E-state index in [1.165, 1.54) is 17.5 Å². The van der Waals surface area contributed by atoms with E-state index in [4.69, 9.17) is 9.51 Å². The van der Waals surface area contributed by atoms with Crippen molar-refractivity contribution in [2.24, 2.45) is 0 Å². The van der Waals surface area contributed by atoms with Crippen LogP contribution in [0.25, 0.3) is 0 Å². The van der Waals surface area contributed by atoms with Gasteiger partial charge in [0.15, 0.2) is 5.82 Å². The molecular formula is C17H21N3O. The number of nitrogens with one attached hydrogen (secondary N) is 1. The molecule has 2 aromatic rings. The van der Waals surface area contributed by atoms with Gasteiger partial charge in [0, 0.05) is 5.92 Å². The van der Waals surface area contributed by atoms with Crippen LogP contribution in [-0.2, 0) is 18.4 Å². The van der Waals surface area contributed by atoms with Gasteiger partial charge in [-0.2, -0.15) is 4.98 Å². The Hall–Kier alpha value is -1.68. The molecule has 1 aliphatic carbocycles. The van der Waals surface area contributed by atoms with Crippen LogP contribution in [0.3, 0.4) is 0 Å². The third-order valence-electron chi connectivity index (χ3n) is 4.99. The van der Waals surface area contributed by atoms with Gasteiger partial charge in [0.1, 0.15) is 0 Å². The van der Waals surface area contributed by atoms with Crippen molar-refractivity contribution in [1.29, 1.82) is 0 Å². The van der Waals surface area contributed by atoms with Gasteiger partial charge in [-0.15, -0.1) is 0 Å². The van der Waals surface area contributed by atoms with E-state index in [1.54, 1.807) is 0 Å². The molecule has 2 aliphatic rings. The monoisotopic (exact) mass is 283 g/mol. The molecule has 1 aliphatic heterocycles. The number of nitrogens with zero attached hydrogens (tertiary/aromatic N) is 2. The summed E-state index contributed by atoms with van der Waals surface area (Å²) in [4.78, 5) is 4.72. The maximum atomic E-state index is 5.57. The topological polar surface area (TPSA) is 51.0 Å². The van der Waals surface area contributed by atoms with Gasteiger partial charge in [-0.25, -0.2) is 0 Å². The molecular weight excluding hydrogens is 262 g/mol. The maximum Gasteiger partial charge on any atom is 0.246 e. The summed E-state index contributed by atoms with van der Waals surface area (Å²) in [5.74, 6) is 2.03. The molecule has 1 aromatic heterocycles. The van der Waals surface area contributed by atoms with E-state index in [-0.39, 0.29) is 5.54 Å². The Morgan fingerprint density at radius 2 is 2.14 bits per heavy atom. The fraction of sp³-hybridized carbons (Fsp3) is 0.529. The zero-order valence-electron chi connectivity index (χ0n) is 12.4. The summed E-state index contributed by atoms with van der Waals surface area (Å²) < 4.78 is 5.57. The molecule has 4 nitrogen and oxygen atoms in total. The molecule has 2 heterocycles. The minimum Gasteiger partial charge on any atom is -0.337 e. The number of hydrogen-bond donors (Lipinski definition) is 1. The summed E-state index contributed by atoms with van der Waals surface area (Å²) in [7, 11) is 0. The first-order valence-electron chi connectivity index (χ1n) is 7.90. The van der Waals surface area contributed by atoms with Crippen LogP contribution in [0.5, 0.6) is 0 Å². The first-order chi connectivity index (χ1) is 10.2. The van der Waals surface area contributed by atoms with Crippen LogP contribution in [0.4, 0.5) is 0 Å². The van der Waals surface area contributed by atoms with E-state index in [0.717, 1.165) is 43.9 Å². The predicted molar refractivity (Wildman–Crippen MR) is 80.1 cm³/mol. The fourth-order valence-corrected chi connectivity index (χ4v) is 3.62. The van der Waals surface area contributed by atoms with Gasteiger partial charge in [0.05, 0.1) is 5.54 Å². The van der Waals surface area contributed by atoms with Gasteiger partial charge in [-0.1, -0.05) is 29.4 Å². The first-order valence-corrected chi connectivity index (χ1v) is 7.90. The molecule has 21 heavy (non-hydrogen) atoms. The lowest BCUT2D eigenvalue weighted by Gasteiger charge is -2.22. The highest BCUT2D eigenvalue weighted by Crippen LogP contribution is 2.34. The molecule has 4 heteroatoms. The van der Waals surface area contributed by atoms with E-state index in [9.17, 15) is 0 Å². The number of fused-ring (bicyclic) bond motifs is 1. The van der Waals surface area contributed by atoms with Crippen molar-refractivity contribution in [3.05, 3.63) is 47.1 Å². The van der Waals surface area contributed by atoms with Crippen LogP contribution in [-0.4, -0.2) is 16.7 Å². The Bertz CT molecular complexity index is 643. The van der Waals surface area contributed by atoms with Gasteiger partial charge in [-0.3, -0.25) is 0 Å². The summed E-state index contributed by atoms with van der Waals surface area (Å²) in [5, 5.41) is 7.76. The fourth-order valence-electron chi connectivity index (χ4n) is 3.62. The maximum absolute atomic E-state index is 5.57. The lowest BCUT2D eigenvalue weighted by molar-refractivity contribution is 0.273. The van der Waals surface area contributed by atoms with Crippen molar-refractivity contribution in [3.8, 4) is 0 Å². The van der Waals surface area contributed by atoms with Crippen LogP contribution in [0.15, 0.2) is 28.8 Å². The Morgan fingerprint density at radius 1 is 1.29 bits per heavy atom. The number of aryl methyl sites for hydroxylation is 1. The Labute approximate surface area is 124 Å². The van der Waals surface area contributed by atoms with Crippen molar-refractivity contribution in [3.63, 3.8) is 0 Å². The normalized spacial score (nSPS) is 28.5. The molecule has 2 unspecified atom stereocenters. The molecule has 1 aromatic carbocycles. The Balaban J connectivity index is 1.57. The molecule has 1 saturated heterocycles. The number of benzene rings is 1. The summed E-state index contributed by atoms with van der Waals surface area (Å²) in [6.07, 6.45) is 5.49. The van der Waals surface area contributed by atoms with E-state index in [2.05, 4.69) is 41.7 Å². The quantitative estimate of drug-likeness (QED) is 0.920. The second-order valence-corrected chi connectivity index (χ2v) is 6.53. The van der Waals surface area contributed by atoms with Crippen LogP contribution >= 0.6 is 0 Å². The van der Waals surface area contributed by atoms with Crippen molar-refractivity contribution in [1.82, 2.24) is 15.5 Å². The third-order valence-corrected chi connectivity index (χ3v) is 4.99. The summed E-state index contributed by atoms with van der Waals surface area (Å²) >= 11 is 0. The van der Waals surface area contributed by atoms with Gasteiger partial charge in [0.2, 0.25) is 5.89 Å². The number of rotatable bonds is 2. The number of hydrogen-bond acceptors (Lipinski definition) is 4. The minimum atomic E-state index is -0.127. The lowest BCUT2D eigenvalue weighted by atomic mass is 9.83. The molecule has 2 atom stereocenters. The molecule has 0 saturated carbocycles. The first kappa shape index (κ1) is 13.0. The highest BCUT2D eigenvalue weighted by atomic mass is 16.5. The smallest absolute Gasteiger partial charge is 0.246 e. The van der Waals surface area contributed by atoms with Crippen LogP contribution < -0.4 is 5.32 Å². The third kappa shape index (κ3) is 2.27. The van der Waals surface area contributed by atoms with Gasteiger partial charge in [-0.05, 0) is 56.7 Å². The van der Waals surface area contributed by atoms with Crippen molar-refractivity contribution < 1.29 is 4.52 Å². The van der Waals surface area contributed by atoms with E-state index < -0.39 is 0 Å². The molecule has 0 bridgehead atoms. The molecule has 110 valence electrons. The second-order valence-electron chi connectivity index (χ2n) is 6.53. The molecule has 4 rings (SSSR count). The minimum absolute atomic E-state index is 0.127. The lowest BCUT2D eigenvalue weighted by Crippen LogP contribution is -2.33. The van der Waals surface area contributed by atoms with Gasteiger partial charge >= 0.3 is 0 Å². The predicted octanol–water partition coefficient (Wildman–Crippen LogP) is 2.94. The summed E-state index contributed by atoms with van der Waals surface area (Å²) in [6, 6.07) is 8.70. The van der Waals surface area contributed by atoms with E-state index in [0.29, 0.717) is 5.92 Å². The molecule has 1 fully saturated rings. The van der Waals surface area contributed by atoms with Crippen LogP contribution in [0.2, 0.25) is 0 Å². The van der Waals surface area contributed by atoms with Gasteiger partial charge in [0.25, 0.3) is 0 Å². The number of aromatic nitrogens is 2. The average Bonchev–Trinajstić information content (AvgIpc) is 3.17. The SMILES string of the molecule is CC1(c2nc(C3CCc4ccccc4C3)no2)CCCN1. The molecule has 0 amide bonds.